The molecule has 290 valence electrons. The van der Waals surface area contributed by atoms with E-state index in [9.17, 15) is 14.0 Å². The van der Waals surface area contributed by atoms with Crippen molar-refractivity contribution in [3.8, 4) is 17.2 Å². The normalized spacial score (nSPS) is 17.3. The molecule has 5 heterocycles. The van der Waals surface area contributed by atoms with Gasteiger partial charge in [-0.2, -0.15) is 5.26 Å². The minimum absolute atomic E-state index is 0.0221. The lowest BCUT2D eigenvalue weighted by molar-refractivity contribution is 0.141. The summed E-state index contributed by atoms with van der Waals surface area (Å²) in [7, 11) is 1.00. The van der Waals surface area contributed by atoms with Crippen molar-refractivity contribution in [3.63, 3.8) is 0 Å². The van der Waals surface area contributed by atoms with Gasteiger partial charge in [-0.15, -0.1) is 6.58 Å². The molecule has 1 unspecified atom stereocenters. The van der Waals surface area contributed by atoms with Crippen molar-refractivity contribution in [1.29, 1.82) is 5.26 Å². The van der Waals surface area contributed by atoms with Crippen LogP contribution >= 0.6 is 0 Å². The van der Waals surface area contributed by atoms with Crippen LogP contribution in [0.1, 0.15) is 82.9 Å². The standard InChI is InChI=1S/C44H46F2N8.CH4O/c1-4-29-13-17-54(18-14-29)25-30-19-32(23-47)36-22-39(49-38(36)20-30)35-11-7-9-33(27(35)2)34-10-8-12-37(28(34)3)50-43-41-40(51-44(52-43)42(45)46)21-31(24-48-41)26-53-15-5-6-16-53;1-2/h4,7-12,19-21,24,29,39,42,49H,1,5-6,13-18,22,25-26H2,2-3H3,(H,50,51,52);2H,1H3. The number of alkyl halides is 2. The zero-order valence-corrected chi connectivity index (χ0v) is 32.5. The third-order valence-corrected chi connectivity index (χ3v) is 11.6. The number of fused-ring (bicyclic) bond motifs is 2. The van der Waals surface area contributed by atoms with Crippen LogP contribution < -0.4 is 10.6 Å². The Hall–Kier alpha value is -5.28. The molecule has 1 atom stereocenters. The number of hydrogen-bond acceptors (Lipinski definition) is 9. The zero-order chi connectivity index (χ0) is 39.3. The van der Waals surface area contributed by atoms with Gasteiger partial charge in [-0.05, 0) is 140 Å². The summed E-state index contributed by atoms with van der Waals surface area (Å²) in [6, 6.07) is 21.0. The number of piperidine rings is 1. The quantitative estimate of drug-likeness (QED) is 0.120. The first-order chi connectivity index (χ1) is 27.3. The number of nitriles is 1. The van der Waals surface area contributed by atoms with Crippen molar-refractivity contribution < 1.29 is 13.9 Å². The summed E-state index contributed by atoms with van der Waals surface area (Å²) in [5.74, 6) is 0.332. The summed E-state index contributed by atoms with van der Waals surface area (Å²) < 4.78 is 28.2. The number of allylic oxidation sites excluding steroid dienone is 1. The largest absolute Gasteiger partial charge is 0.400 e. The fourth-order valence-corrected chi connectivity index (χ4v) is 8.57. The van der Waals surface area contributed by atoms with Crippen LogP contribution in [-0.4, -0.2) is 63.1 Å². The molecule has 11 heteroatoms. The smallest absolute Gasteiger partial charge is 0.297 e. The number of aliphatic hydroxyl groups is 1. The molecule has 3 aromatic carbocycles. The van der Waals surface area contributed by atoms with E-state index in [2.05, 4.69) is 97.4 Å². The maximum Gasteiger partial charge on any atom is 0.297 e. The van der Waals surface area contributed by atoms with Gasteiger partial charge in [-0.1, -0.05) is 36.4 Å². The molecule has 2 aromatic heterocycles. The summed E-state index contributed by atoms with van der Waals surface area (Å²) in [4.78, 5) is 18.0. The summed E-state index contributed by atoms with van der Waals surface area (Å²) >= 11 is 0. The number of rotatable bonds is 10. The molecule has 2 saturated heterocycles. The minimum atomic E-state index is -2.82. The molecule has 0 amide bonds. The third-order valence-electron chi connectivity index (χ3n) is 11.6. The van der Waals surface area contributed by atoms with Gasteiger partial charge in [0.2, 0.25) is 0 Å². The Kier molecular flexibility index (Phi) is 12.0. The van der Waals surface area contributed by atoms with E-state index in [1.54, 1.807) is 6.20 Å². The molecule has 0 saturated carbocycles. The number of likely N-dealkylation sites (tertiary alicyclic amines) is 2. The van der Waals surface area contributed by atoms with Crippen LogP contribution in [0.15, 0.2) is 73.4 Å². The number of pyridine rings is 1. The Bertz CT molecular complexity index is 2260. The second-order valence-electron chi connectivity index (χ2n) is 15.1. The van der Waals surface area contributed by atoms with E-state index >= 15 is 0 Å². The number of nitrogens with zero attached hydrogens (tertiary/aromatic N) is 6. The van der Waals surface area contributed by atoms with Crippen LogP contribution in [0, 0.1) is 31.1 Å². The van der Waals surface area contributed by atoms with E-state index < -0.39 is 12.2 Å². The van der Waals surface area contributed by atoms with Gasteiger partial charge < -0.3 is 15.7 Å². The molecule has 9 nitrogen and oxygen atoms in total. The lowest BCUT2D eigenvalue weighted by atomic mass is 9.89. The van der Waals surface area contributed by atoms with Gasteiger partial charge in [-0.25, -0.2) is 18.7 Å². The first-order valence-corrected chi connectivity index (χ1v) is 19.5. The van der Waals surface area contributed by atoms with E-state index in [-0.39, 0.29) is 11.9 Å². The minimum Gasteiger partial charge on any atom is -0.400 e. The number of anilines is 3. The maximum atomic E-state index is 14.1. The summed E-state index contributed by atoms with van der Waals surface area (Å²) in [5.41, 5.74) is 12.0. The van der Waals surface area contributed by atoms with Gasteiger partial charge in [0.1, 0.15) is 5.52 Å². The van der Waals surface area contributed by atoms with E-state index in [4.69, 9.17) is 5.11 Å². The number of aliphatic hydroxyl groups excluding tert-OH is 1. The molecule has 3 aliphatic rings. The molecule has 56 heavy (non-hydrogen) atoms. The van der Waals surface area contributed by atoms with Crippen LogP contribution in [0.4, 0.5) is 26.0 Å². The van der Waals surface area contributed by atoms with Gasteiger partial charge in [0.25, 0.3) is 6.43 Å². The molecule has 3 aliphatic heterocycles. The highest BCUT2D eigenvalue weighted by Crippen LogP contribution is 2.41. The first-order valence-electron chi connectivity index (χ1n) is 19.5. The Morgan fingerprint density at radius 1 is 0.946 bits per heavy atom. The molecule has 5 aromatic rings. The highest BCUT2D eigenvalue weighted by molar-refractivity contribution is 5.89. The molecule has 0 spiro atoms. The predicted octanol–water partition coefficient (Wildman–Crippen LogP) is 9.17. The molecule has 0 radical (unpaired) electrons. The highest BCUT2D eigenvalue weighted by atomic mass is 19.3. The number of nitrogens with one attached hydrogen (secondary N) is 2. The number of aromatic nitrogens is 3. The Labute approximate surface area is 328 Å². The summed E-state index contributed by atoms with van der Waals surface area (Å²) in [5, 5.41) is 24.3. The SMILES string of the molecule is C=CC1CCN(Cc2cc(C#N)c3c(c2)NC(c2cccc(-c4cccc(Nc5nc(C(F)F)nc6cc(CN7CCCC7)cnc56)c4C)c2C)C3)CC1.CO. The topological polar surface area (TPSA) is 113 Å². The first kappa shape index (κ1) is 39.0. The van der Waals surface area contributed by atoms with Gasteiger partial charge in [-0.3, -0.25) is 14.8 Å². The van der Waals surface area contributed by atoms with Gasteiger partial charge in [0.15, 0.2) is 11.6 Å². The fraction of sp³-hybridized carbons (Fsp3) is 0.378. The monoisotopic (exact) mass is 756 g/mol. The Morgan fingerprint density at radius 2 is 1.64 bits per heavy atom. The van der Waals surface area contributed by atoms with Crippen molar-refractivity contribution in [2.75, 3.05) is 43.9 Å². The van der Waals surface area contributed by atoms with Crippen molar-refractivity contribution in [2.45, 2.75) is 71.5 Å². The van der Waals surface area contributed by atoms with Gasteiger partial charge >= 0.3 is 0 Å². The van der Waals surface area contributed by atoms with Crippen LogP contribution in [0.3, 0.4) is 0 Å². The Morgan fingerprint density at radius 3 is 2.36 bits per heavy atom. The molecule has 8 rings (SSSR count). The van der Waals surface area contributed by atoms with Crippen LogP contribution in [0.25, 0.3) is 22.2 Å². The van der Waals surface area contributed by atoms with E-state index in [1.165, 1.54) is 18.4 Å². The van der Waals surface area contributed by atoms with Crippen LogP contribution in [-0.2, 0) is 19.5 Å². The molecular weight excluding hydrogens is 707 g/mol. The molecule has 0 bridgehead atoms. The van der Waals surface area contributed by atoms with Crippen molar-refractivity contribution in [2.24, 2.45) is 5.92 Å². The number of benzene rings is 3. The number of hydrogen-bond donors (Lipinski definition) is 3. The second kappa shape index (κ2) is 17.2. The third kappa shape index (κ3) is 8.14. The van der Waals surface area contributed by atoms with E-state index in [0.29, 0.717) is 17.0 Å². The molecule has 3 N–H and O–H groups in total. The predicted molar refractivity (Wildman–Crippen MR) is 219 cm³/mol. The van der Waals surface area contributed by atoms with Gasteiger partial charge in [0.05, 0.1) is 23.2 Å². The molecular formula is C45H50F2N8O. The zero-order valence-electron chi connectivity index (χ0n) is 32.5. The van der Waals surface area contributed by atoms with Crippen LogP contribution in [0.2, 0.25) is 0 Å². The van der Waals surface area contributed by atoms with Crippen molar-refractivity contribution in [1.82, 2.24) is 24.8 Å². The van der Waals surface area contributed by atoms with Gasteiger partial charge in [0, 0.05) is 44.2 Å². The summed E-state index contributed by atoms with van der Waals surface area (Å²) in [6.45, 7) is 13.8. The lowest BCUT2D eigenvalue weighted by Gasteiger charge is -2.30. The summed E-state index contributed by atoms with van der Waals surface area (Å²) in [6.07, 6.45) is 6.38. The van der Waals surface area contributed by atoms with Crippen molar-refractivity contribution in [3.05, 3.63) is 118 Å². The average molecular weight is 757 g/mol. The highest BCUT2D eigenvalue weighted by Gasteiger charge is 2.28. The van der Waals surface area contributed by atoms with Crippen LogP contribution in [0.5, 0.6) is 0 Å². The second-order valence-corrected chi connectivity index (χ2v) is 15.1. The number of halogens is 2. The lowest BCUT2D eigenvalue weighted by Crippen LogP contribution is -2.32. The molecule has 2 fully saturated rings. The van der Waals surface area contributed by atoms with Crippen molar-refractivity contribution >= 4 is 28.2 Å². The fourth-order valence-electron chi connectivity index (χ4n) is 8.57. The van der Waals surface area contributed by atoms with E-state index in [0.717, 1.165) is 122 Å². The maximum absolute atomic E-state index is 14.1. The molecule has 0 aliphatic carbocycles. The van der Waals surface area contributed by atoms with E-state index in [1.807, 2.05) is 25.1 Å². The Balaban J connectivity index is 0.00000237. The average Bonchev–Trinajstić information content (AvgIpc) is 3.90.